The summed E-state index contributed by atoms with van der Waals surface area (Å²) >= 11 is 0. The van der Waals surface area contributed by atoms with Crippen LogP contribution in [-0.4, -0.2) is 12.5 Å². The SMILES string of the molecule is O=C1CCC2(CCCc3ccccc32)CN1. The minimum Gasteiger partial charge on any atom is -0.355 e. The van der Waals surface area contributed by atoms with Gasteiger partial charge in [-0.2, -0.15) is 0 Å². The zero-order valence-corrected chi connectivity index (χ0v) is 9.46. The molecule has 1 aromatic rings. The van der Waals surface area contributed by atoms with E-state index in [-0.39, 0.29) is 11.3 Å². The molecule has 1 spiro atoms. The number of fused-ring (bicyclic) bond motifs is 2. The Bertz CT molecular complexity index is 414. The van der Waals surface area contributed by atoms with Gasteiger partial charge in [-0.15, -0.1) is 0 Å². The molecule has 1 heterocycles. The number of hydrogen-bond acceptors (Lipinski definition) is 1. The summed E-state index contributed by atoms with van der Waals surface area (Å²) in [4.78, 5) is 11.3. The Labute approximate surface area is 96.1 Å². The van der Waals surface area contributed by atoms with Crippen LogP contribution in [0.15, 0.2) is 24.3 Å². The van der Waals surface area contributed by atoms with Gasteiger partial charge in [-0.05, 0) is 36.8 Å². The molecule has 16 heavy (non-hydrogen) atoms. The van der Waals surface area contributed by atoms with Gasteiger partial charge < -0.3 is 5.32 Å². The summed E-state index contributed by atoms with van der Waals surface area (Å²) in [6.45, 7) is 0.836. The molecule has 0 saturated carbocycles. The van der Waals surface area contributed by atoms with E-state index in [1.807, 2.05) is 0 Å². The minimum absolute atomic E-state index is 0.216. The lowest BCUT2D eigenvalue weighted by atomic mass is 9.66. The van der Waals surface area contributed by atoms with Gasteiger partial charge in [0.25, 0.3) is 0 Å². The Kier molecular flexibility index (Phi) is 2.23. The summed E-state index contributed by atoms with van der Waals surface area (Å²) in [6, 6.07) is 8.75. The minimum atomic E-state index is 0.216. The molecule has 2 heteroatoms. The first-order valence-corrected chi connectivity index (χ1v) is 6.15. The second-order valence-corrected chi connectivity index (χ2v) is 5.07. The first kappa shape index (κ1) is 9.88. The van der Waals surface area contributed by atoms with Gasteiger partial charge in [-0.25, -0.2) is 0 Å². The highest BCUT2D eigenvalue weighted by molar-refractivity contribution is 5.77. The molecule has 1 aromatic carbocycles. The van der Waals surface area contributed by atoms with Crippen molar-refractivity contribution in [3.63, 3.8) is 0 Å². The maximum atomic E-state index is 11.3. The molecule has 1 amide bonds. The molecule has 1 fully saturated rings. The molecule has 1 atom stereocenters. The van der Waals surface area contributed by atoms with Gasteiger partial charge in [0.2, 0.25) is 5.91 Å². The van der Waals surface area contributed by atoms with Crippen molar-refractivity contribution in [2.45, 2.75) is 37.5 Å². The Morgan fingerprint density at radius 2 is 2.00 bits per heavy atom. The number of amides is 1. The molecular formula is C14H17NO. The molecular weight excluding hydrogens is 198 g/mol. The highest BCUT2D eigenvalue weighted by Gasteiger charge is 2.39. The van der Waals surface area contributed by atoms with Crippen LogP contribution >= 0.6 is 0 Å². The summed E-state index contributed by atoms with van der Waals surface area (Å²) in [7, 11) is 0. The van der Waals surface area contributed by atoms with Crippen molar-refractivity contribution in [2.75, 3.05) is 6.54 Å². The summed E-state index contributed by atoms with van der Waals surface area (Å²) in [5.74, 6) is 0.216. The Morgan fingerprint density at radius 3 is 2.81 bits per heavy atom. The predicted molar refractivity (Wildman–Crippen MR) is 63.3 cm³/mol. The summed E-state index contributed by atoms with van der Waals surface area (Å²) in [6.07, 6.45) is 5.40. The van der Waals surface area contributed by atoms with Gasteiger partial charge in [-0.1, -0.05) is 24.3 Å². The number of rotatable bonds is 0. The van der Waals surface area contributed by atoms with E-state index in [0.717, 1.165) is 13.0 Å². The van der Waals surface area contributed by atoms with Crippen LogP contribution in [0.5, 0.6) is 0 Å². The zero-order chi connectivity index (χ0) is 11.0. The quantitative estimate of drug-likeness (QED) is 0.706. The van der Waals surface area contributed by atoms with Gasteiger partial charge in [0.1, 0.15) is 0 Å². The molecule has 3 rings (SSSR count). The van der Waals surface area contributed by atoms with Crippen molar-refractivity contribution in [2.24, 2.45) is 0 Å². The van der Waals surface area contributed by atoms with Crippen LogP contribution in [0.25, 0.3) is 0 Å². The van der Waals surface area contributed by atoms with Crippen LogP contribution in [0.3, 0.4) is 0 Å². The van der Waals surface area contributed by atoms with Gasteiger partial charge in [0, 0.05) is 18.4 Å². The Balaban J connectivity index is 2.00. The first-order chi connectivity index (χ1) is 7.80. The highest BCUT2D eigenvalue weighted by Crippen LogP contribution is 2.41. The largest absolute Gasteiger partial charge is 0.355 e. The molecule has 2 aliphatic rings. The van der Waals surface area contributed by atoms with E-state index >= 15 is 0 Å². The van der Waals surface area contributed by atoms with Crippen molar-refractivity contribution >= 4 is 5.91 Å². The molecule has 1 N–H and O–H groups in total. The second-order valence-electron chi connectivity index (χ2n) is 5.07. The molecule has 1 unspecified atom stereocenters. The molecule has 0 aromatic heterocycles. The van der Waals surface area contributed by atoms with Crippen LogP contribution in [-0.2, 0) is 16.6 Å². The van der Waals surface area contributed by atoms with Crippen LogP contribution in [0.4, 0.5) is 0 Å². The van der Waals surface area contributed by atoms with Crippen molar-refractivity contribution in [3.8, 4) is 0 Å². The topological polar surface area (TPSA) is 29.1 Å². The van der Waals surface area contributed by atoms with E-state index in [1.54, 1.807) is 0 Å². The molecule has 2 nitrogen and oxygen atoms in total. The number of carbonyl (C=O) groups is 1. The number of benzene rings is 1. The highest BCUT2D eigenvalue weighted by atomic mass is 16.1. The van der Waals surface area contributed by atoms with Crippen LogP contribution < -0.4 is 5.32 Å². The van der Waals surface area contributed by atoms with Crippen LogP contribution in [0.1, 0.15) is 36.8 Å². The third-order valence-electron chi connectivity index (χ3n) is 4.14. The number of hydrogen-bond donors (Lipinski definition) is 1. The van der Waals surface area contributed by atoms with Gasteiger partial charge in [-0.3, -0.25) is 4.79 Å². The van der Waals surface area contributed by atoms with Crippen molar-refractivity contribution < 1.29 is 4.79 Å². The standard InChI is InChI=1S/C14H17NO/c16-13-7-9-14(10-15-13)8-3-5-11-4-1-2-6-12(11)14/h1-2,4,6H,3,5,7-10H2,(H,15,16). The smallest absolute Gasteiger partial charge is 0.220 e. The van der Waals surface area contributed by atoms with Crippen molar-refractivity contribution in [1.82, 2.24) is 5.32 Å². The summed E-state index contributed by atoms with van der Waals surface area (Å²) in [5.41, 5.74) is 3.22. The summed E-state index contributed by atoms with van der Waals surface area (Å²) < 4.78 is 0. The number of aryl methyl sites for hydroxylation is 1. The van der Waals surface area contributed by atoms with Gasteiger partial charge in [0.05, 0.1) is 0 Å². The fourth-order valence-corrected chi connectivity index (χ4v) is 3.25. The predicted octanol–water partition coefficient (Wildman–Crippen LogP) is 2.17. The van der Waals surface area contributed by atoms with Crippen LogP contribution in [0, 0.1) is 0 Å². The van der Waals surface area contributed by atoms with E-state index < -0.39 is 0 Å². The van der Waals surface area contributed by atoms with E-state index in [0.29, 0.717) is 6.42 Å². The van der Waals surface area contributed by atoms with Crippen molar-refractivity contribution in [1.29, 1.82) is 0 Å². The maximum absolute atomic E-state index is 11.3. The monoisotopic (exact) mass is 215 g/mol. The number of piperidine rings is 1. The summed E-state index contributed by atoms with van der Waals surface area (Å²) in [5, 5.41) is 3.04. The third kappa shape index (κ3) is 1.44. The average Bonchev–Trinajstić information content (AvgIpc) is 2.34. The van der Waals surface area contributed by atoms with Gasteiger partial charge >= 0.3 is 0 Å². The lowest BCUT2D eigenvalue weighted by molar-refractivity contribution is -0.123. The van der Waals surface area contributed by atoms with E-state index in [1.165, 1.54) is 30.4 Å². The lowest BCUT2D eigenvalue weighted by Gasteiger charge is -2.42. The molecule has 1 aliphatic carbocycles. The molecule has 1 saturated heterocycles. The van der Waals surface area contributed by atoms with E-state index in [2.05, 4.69) is 29.6 Å². The lowest BCUT2D eigenvalue weighted by Crippen LogP contribution is -2.47. The molecule has 0 radical (unpaired) electrons. The third-order valence-corrected chi connectivity index (χ3v) is 4.14. The fraction of sp³-hybridized carbons (Fsp3) is 0.500. The zero-order valence-electron chi connectivity index (χ0n) is 9.46. The average molecular weight is 215 g/mol. The Hall–Kier alpha value is -1.31. The van der Waals surface area contributed by atoms with E-state index in [4.69, 9.17) is 0 Å². The normalized spacial score (nSPS) is 28.6. The second kappa shape index (κ2) is 3.62. The van der Waals surface area contributed by atoms with E-state index in [9.17, 15) is 4.79 Å². The first-order valence-electron chi connectivity index (χ1n) is 6.15. The molecule has 84 valence electrons. The Morgan fingerprint density at radius 1 is 1.12 bits per heavy atom. The van der Waals surface area contributed by atoms with Crippen molar-refractivity contribution in [3.05, 3.63) is 35.4 Å². The molecule has 1 aliphatic heterocycles. The maximum Gasteiger partial charge on any atom is 0.220 e. The number of nitrogens with one attached hydrogen (secondary N) is 1. The van der Waals surface area contributed by atoms with Crippen LogP contribution in [0.2, 0.25) is 0 Å². The molecule has 0 bridgehead atoms. The fourth-order valence-electron chi connectivity index (χ4n) is 3.25. The number of carbonyl (C=O) groups excluding carboxylic acids is 1. The van der Waals surface area contributed by atoms with Gasteiger partial charge in [0.15, 0.2) is 0 Å².